The van der Waals surface area contributed by atoms with Crippen LogP contribution in [0.25, 0.3) is 0 Å². The lowest BCUT2D eigenvalue weighted by atomic mass is 9.97. The maximum atomic E-state index is 11.6. The van der Waals surface area contributed by atoms with Crippen LogP contribution in [0.1, 0.15) is 20.3 Å². The quantitative estimate of drug-likeness (QED) is 0.691. The van der Waals surface area contributed by atoms with E-state index in [2.05, 4.69) is 31.1 Å². The Bertz CT molecular complexity index is 221. The van der Waals surface area contributed by atoms with Crippen LogP contribution in [0.2, 0.25) is 0 Å². The van der Waals surface area contributed by atoms with Crippen molar-refractivity contribution >= 4 is 5.97 Å². The number of carbonyl (C=O) groups excluding carboxylic acids is 1. The molecule has 15 heavy (non-hydrogen) atoms. The van der Waals surface area contributed by atoms with Crippen molar-refractivity contribution in [3.05, 3.63) is 0 Å². The number of rotatable bonds is 4. The first-order chi connectivity index (χ1) is 7.15. The van der Waals surface area contributed by atoms with Gasteiger partial charge in [-0.05, 0) is 20.0 Å². The second-order valence-corrected chi connectivity index (χ2v) is 4.13. The van der Waals surface area contributed by atoms with Crippen LogP contribution in [0.3, 0.4) is 0 Å². The Kier molecular flexibility index (Phi) is 4.54. The van der Waals surface area contributed by atoms with E-state index in [1.165, 1.54) is 7.11 Å². The highest BCUT2D eigenvalue weighted by molar-refractivity contribution is 5.74. The Morgan fingerprint density at radius 1 is 1.53 bits per heavy atom. The molecule has 0 aromatic carbocycles. The number of likely N-dealkylation sites (tertiary alicyclic amines) is 1. The molecule has 4 heteroatoms. The van der Waals surface area contributed by atoms with E-state index in [1.54, 1.807) is 0 Å². The fourth-order valence-electron chi connectivity index (χ4n) is 2.55. The lowest BCUT2D eigenvalue weighted by molar-refractivity contribution is -0.145. The van der Waals surface area contributed by atoms with Crippen LogP contribution >= 0.6 is 0 Å². The second kappa shape index (κ2) is 5.47. The van der Waals surface area contributed by atoms with E-state index >= 15 is 0 Å². The van der Waals surface area contributed by atoms with Gasteiger partial charge in [0.15, 0.2) is 0 Å². The normalized spacial score (nSPS) is 31.9. The van der Waals surface area contributed by atoms with Crippen molar-refractivity contribution in [1.29, 1.82) is 0 Å². The fourth-order valence-corrected chi connectivity index (χ4v) is 2.55. The zero-order chi connectivity index (χ0) is 11.4. The summed E-state index contributed by atoms with van der Waals surface area (Å²) in [5.41, 5.74) is 0. The molecule has 1 fully saturated rings. The van der Waals surface area contributed by atoms with Crippen molar-refractivity contribution in [2.45, 2.75) is 32.4 Å². The molecule has 1 aliphatic heterocycles. The molecule has 1 N–H and O–H groups in total. The number of hydrogen-bond acceptors (Lipinski definition) is 4. The van der Waals surface area contributed by atoms with Crippen molar-refractivity contribution in [2.24, 2.45) is 5.92 Å². The largest absolute Gasteiger partial charge is 0.469 e. The van der Waals surface area contributed by atoms with Crippen molar-refractivity contribution in [3.63, 3.8) is 0 Å². The van der Waals surface area contributed by atoms with Gasteiger partial charge in [-0.15, -0.1) is 0 Å². The van der Waals surface area contributed by atoms with E-state index in [1.807, 2.05) is 0 Å². The predicted molar refractivity (Wildman–Crippen MR) is 59.7 cm³/mol. The van der Waals surface area contributed by atoms with E-state index in [0.717, 1.165) is 19.5 Å². The number of carbonyl (C=O) groups is 1. The van der Waals surface area contributed by atoms with Gasteiger partial charge in [0.2, 0.25) is 0 Å². The fraction of sp³-hybridized carbons (Fsp3) is 0.909. The lowest BCUT2D eigenvalue weighted by Gasteiger charge is -2.25. The highest BCUT2D eigenvalue weighted by Gasteiger charge is 2.42. The van der Waals surface area contributed by atoms with Gasteiger partial charge in [0.1, 0.15) is 0 Å². The molecule has 0 spiro atoms. The summed E-state index contributed by atoms with van der Waals surface area (Å²) in [5.74, 6) is -0.117. The maximum absolute atomic E-state index is 11.6. The van der Waals surface area contributed by atoms with Gasteiger partial charge in [-0.2, -0.15) is 0 Å². The summed E-state index contributed by atoms with van der Waals surface area (Å²) >= 11 is 0. The Hall–Kier alpha value is -0.610. The molecular formula is C11H22N2O2. The third kappa shape index (κ3) is 2.49. The summed E-state index contributed by atoms with van der Waals surface area (Å²) in [6.45, 7) is 5.91. The Balaban J connectivity index is 2.75. The number of hydrogen-bond donors (Lipinski definition) is 1. The molecule has 0 radical (unpaired) electrons. The molecule has 4 nitrogen and oxygen atoms in total. The maximum Gasteiger partial charge on any atom is 0.311 e. The van der Waals surface area contributed by atoms with Gasteiger partial charge in [-0.3, -0.25) is 4.79 Å². The van der Waals surface area contributed by atoms with E-state index in [0.29, 0.717) is 6.04 Å². The molecule has 0 aromatic heterocycles. The van der Waals surface area contributed by atoms with E-state index < -0.39 is 0 Å². The van der Waals surface area contributed by atoms with Crippen LogP contribution in [0.5, 0.6) is 0 Å². The number of likely N-dealkylation sites (N-methyl/N-ethyl adjacent to an activating group) is 2. The Morgan fingerprint density at radius 2 is 2.20 bits per heavy atom. The van der Waals surface area contributed by atoms with E-state index in [4.69, 9.17) is 4.74 Å². The number of nitrogens with zero attached hydrogens (tertiary/aromatic N) is 1. The first kappa shape index (κ1) is 12.5. The summed E-state index contributed by atoms with van der Waals surface area (Å²) < 4.78 is 4.85. The standard InChI is InChI=1S/C11H22N2O2/c1-5-9-10(12-6-2)8(7-13(9)3)11(14)15-4/h8-10,12H,5-7H2,1-4H3. The Labute approximate surface area is 92.0 Å². The summed E-state index contributed by atoms with van der Waals surface area (Å²) in [4.78, 5) is 13.9. The molecule has 1 heterocycles. The molecule has 0 bridgehead atoms. The van der Waals surface area contributed by atoms with E-state index in [9.17, 15) is 4.79 Å². The topological polar surface area (TPSA) is 41.6 Å². The predicted octanol–water partition coefficient (Wildman–Crippen LogP) is 0.478. The number of esters is 1. The smallest absolute Gasteiger partial charge is 0.311 e. The molecule has 88 valence electrons. The van der Waals surface area contributed by atoms with Crippen LogP contribution in [0.4, 0.5) is 0 Å². The Morgan fingerprint density at radius 3 is 2.67 bits per heavy atom. The number of methoxy groups -OCH3 is 1. The number of ether oxygens (including phenoxy) is 1. The van der Waals surface area contributed by atoms with Crippen LogP contribution in [0.15, 0.2) is 0 Å². The lowest BCUT2D eigenvalue weighted by Crippen LogP contribution is -2.45. The second-order valence-electron chi connectivity index (χ2n) is 4.13. The molecule has 1 rings (SSSR count). The third-order valence-corrected chi connectivity index (χ3v) is 3.26. The van der Waals surface area contributed by atoms with Gasteiger partial charge in [0.05, 0.1) is 13.0 Å². The van der Waals surface area contributed by atoms with Crippen LogP contribution in [0, 0.1) is 5.92 Å². The van der Waals surface area contributed by atoms with Gasteiger partial charge >= 0.3 is 5.97 Å². The minimum atomic E-state index is -0.0937. The molecular weight excluding hydrogens is 192 g/mol. The highest BCUT2D eigenvalue weighted by Crippen LogP contribution is 2.25. The zero-order valence-electron chi connectivity index (χ0n) is 10.1. The molecule has 0 aromatic rings. The molecule has 1 saturated heterocycles. The van der Waals surface area contributed by atoms with Crippen molar-refractivity contribution in [1.82, 2.24) is 10.2 Å². The van der Waals surface area contributed by atoms with Crippen molar-refractivity contribution < 1.29 is 9.53 Å². The molecule has 0 amide bonds. The minimum absolute atomic E-state index is 0.0232. The minimum Gasteiger partial charge on any atom is -0.469 e. The van der Waals surface area contributed by atoms with E-state index in [-0.39, 0.29) is 17.9 Å². The molecule has 3 unspecified atom stereocenters. The van der Waals surface area contributed by atoms with Gasteiger partial charge in [0, 0.05) is 18.6 Å². The van der Waals surface area contributed by atoms with Crippen LogP contribution in [-0.4, -0.2) is 50.2 Å². The monoisotopic (exact) mass is 214 g/mol. The molecule has 3 atom stereocenters. The van der Waals surface area contributed by atoms with Crippen LogP contribution < -0.4 is 5.32 Å². The zero-order valence-corrected chi connectivity index (χ0v) is 10.1. The summed E-state index contributed by atoms with van der Waals surface area (Å²) in [5, 5.41) is 3.40. The van der Waals surface area contributed by atoms with Gasteiger partial charge in [-0.1, -0.05) is 13.8 Å². The first-order valence-electron chi connectivity index (χ1n) is 5.67. The average Bonchev–Trinajstić information content (AvgIpc) is 2.54. The molecule has 0 aliphatic carbocycles. The van der Waals surface area contributed by atoms with Gasteiger partial charge in [-0.25, -0.2) is 0 Å². The first-order valence-corrected chi connectivity index (χ1v) is 5.67. The number of nitrogens with one attached hydrogen (secondary N) is 1. The highest BCUT2D eigenvalue weighted by atomic mass is 16.5. The van der Waals surface area contributed by atoms with Crippen molar-refractivity contribution in [2.75, 3.05) is 27.2 Å². The summed E-state index contributed by atoms with van der Waals surface area (Å²) in [6.07, 6.45) is 1.06. The molecule has 0 saturated carbocycles. The summed E-state index contributed by atoms with van der Waals surface area (Å²) in [7, 11) is 3.53. The third-order valence-electron chi connectivity index (χ3n) is 3.26. The SMILES string of the molecule is CCNC1C(C(=O)OC)CN(C)C1CC. The average molecular weight is 214 g/mol. The van der Waals surface area contributed by atoms with Gasteiger partial charge in [0.25, 0.3) is 0 Å². The van der Waals surface area contributed by atoms with Crippen molar-refractivity contribution in [3.8, 4) is 0 Å². The van der Waals surface area contributed by atoms with Crippen LogP contribution in [-0.2, 0) is 9.53 Å². The summed E-state index contributed by atoms with van der Waals surface area (Å²) in [6, 6.07) is 0.673. The van der Waals surface area contributed by atoms with Gasteiger partial charge < -0.3 is 15.0 Å². The molecule has 1 aliphatic rings.